The SMILES string of the molecule is C=CCC(OC(=O)C1CC2CC1CC2C(=O)O)C(=C)C. The molecule has 4 nitrogen and oxygen atoms in total. The highest BCUT2D eigenvalue weighted by atomic mass is 16.5. The van der Waals surface area contributed by atoms with Crippen LogP contribution in [0.3, 0.4) is 0 Å². The Hall–Kier alpha value is -1.58. The molecular weight excluding hydrogens is 256 g/mol. The second kappa shape index (κ2) is 5.81. The monoisotopic (exact) mass is 278 g/mol. The molecule has 0 aromatic heterocycles. The van der Waals surface area contributed by atoms with Gasteiger partial charge in [-0.3, -0.25) is 9.59 Å². The fraction of sp³-hybridized carbons (Fsp3) is 0.625. The van der Waals surface area contributed by atoms with Crippen LogP contribution in [0.15, 0.2) is 24.8 Å². The third-order valence-corrected chi connectivity index (χ3v) is 4.67. The van der Waals surface area contributed by atoms with Gasteiger partial charge in [0.1, 0.15) is 6.10 Å². The lowest BCUT2D eigenvalue weighted by molar-refractivity contribution is -0.156. The van der Waals surface area contributed by atoms with Crippen LogP contribution in [0, 0.1) is 23.7 Å². The Kier molecular flexibility index (Phi) is 4.31. The zero-order chi connectivity index (χ0) is 14.9. The van der Waals surface area contributed by atoms with Crippen LogP contribution < -0.4 is 0 Å². The first-order chi connectivity index (χ1) is 9.43. The molecule has 0 radical (unpaired) electrons. The van der Waals surface area contributed by atoms with Crippen molar-refractivity contribution >= 4 is 11.9 Å². The maximum absolute atomic E-state index is 12.3. The number of carbonyl (C=O) groups is 2. The molecule has 2 bridgehead atoms. The van der Waals surface area contributed by atoms with Crippen LogP contribution in [0.25, 0.3) is 0 Å². The van der Waals surface area contributed by atoms with E-state index < -0.39 is 5.97 Å². The summed E-state index contributed by atoms with van der Waals surface area (Å²) in [5.74, 6) is -1.02. The maximum atomic E-state index is 12.3. The molecule has 1 N–H and O–H groups in total. The van der Waals surface area contributed by atoms with Crippen LogP contribution in [0.1, 0.15) is 32.6 Å². The second-order valence-electron chi connectivity index (χ2n) is 6.07. The van der Waals surface area contributed by atoms with Crippen molar-refractivity contribution < 1.29 is 19.4 Å². The predicted molar refractivity (Wildman–Crippen MR) is 75.0 cm³/mol. The van der Waals surface area contributed by atoms with Crippen LogP contribution in [0.5, 0.6) is 0 Å². The van der Waals surface area contributed by atoms with Gasteiger partial charge >= 0.3 is 11.9 Å². The number of carboxylic acids is 1. The molecule has 0 aromatic carbocycles. The van der Waals surface area contributed by atoms with E-state index in [2.05, 4.69) is 13.2 Å². The maximum Gasteiger partial charge on any atom is 0.309 e. The zero-order valence-electron chi connectivity index (χ0n) is 11.9. The lowest BCUT2D eigenvalue weighted by atomic mass is 9.82. The van der Waals surface area contributed by atoms with Crippen molar-refractivity contribution in [1.29, 1.82) is 0 Å². The lowest BCUT2D eigenvalue weighted by Crippen LogP contribution is -2.31. The molecular formula is C16H22O4. The molecule has 2 aliphatic carbocycles. The van der Waals surface area contributed by atoms with Gasteiger partial charge in [-0.15, -0.1) is 6.58 Å². The Bertz CT molecular complexity index is 440. The molecule has 2 fully saturated rings. The number of aliphatic carboxylic acids is 1. The molecule has 4 heteroatoms. The smallest absolute Gasteiger partial charge is 0.309 e. The number of ether oxygens (including phenoxy) is 1. The highest BCUT2D eigenvalue weighted by Crippen LogP contribution is 2.52. The third kappa shape index (κ3) is 2.79. The summed E-state index contributed by atoms with van der Waals surface area (Å²) in [7, 11) is 0. The van der Waals surface area contributed by atoms with E-state index in [0.29, 0.717) is 19.3 Å². The van der Waals surface area contributed by atoms with E-state index in [-0.39, 0.29) is 35.7 Å². The number of carboxylic acid groups (broad SMARTS) is 1. The van der Waals surface area contributed by atoms with Crippen molar-refractivity contribution in [3.05, 3.63) is 24.8 Å². The van der Waals surface area contributed by atoms with E-state index in [1.165, 1.54) is 0 Å². The van der Waals surface area contributed by atoms with Gasteiger partial charge in [0.05, 0.1) is 11.8 Å². The van der Waals surface area contributed by atoms with Crippen LogP contribution >= 0.6 is 0 Å². The van der Waals surface area contributed by atoms with Gasteiger partial charge < -0.3 is 9.84 Å². The number of fused-ring (bicyclic) bond motifs is 2. The van der Waals surface area contributed by atoms with Crippen LogP contribution in [-0.4, -0.2) is 23.1 Å². The average molecular weight is 278 g/mol. The van der Waals surface area contributed by atoms with Crippen molar-refractivity contribution in [2.75, 3.05) is 0 Å². The van der Waals surface area contributed by atoms with E-state index in [9.17, 15) is 9.59 Å². The minimum Gasteiger partial charge on any atom is -0.481 e. The zero-order valence-corrected chi connectivity index (χ0v) is 11.9. The average Bonchev–Trinajstić information content (AvgIpc) is 2.97. The number of hydrogen-bond donors (Lipinski definition) is 1. The Morgan fingerprint density at radius 2 is 1.90 bits per heavy atom. The van der Waals surface area contributed by atoms with E-state index in [0.717, 1.165) is 12.0 Å². The van der Waals surface area contributed by atoms with Gasteiger partial charge in [0, 0.05) is 6.42 Å². The van der Waals surface area contributed by atoms with Crippen molar-refractivity contribution in [3.63, 3.8) is 0 Å². The van der Waals surface area contributed by atoms with Crippen LogP contribution in [-0.2, 0) is 14.3 Å². The first kappa shape index (κ1) is 14.8. The minimum atomic E-state index is -0.726. The number of esters is 1. The summed E-state index contributed by atoms with van der Waals surface area (Å²) in [4.78, 5) is 23.3. The van der Waals surface area contributed by atoms with E-state index in [4.69, 9.17) is 9.84 Å². The fourth-order valence-corrected chi connectivity index (χ4v) is 3.60. The summed E-state index contributed by atoms with van der Waals surface area (Å²) >= 11 is 0. The normalized spacial score (nSPS) is 32.6. The van der Waals surface area contributed by atoms with Crippen LogP contribution in [0.4, 0.5) is 0 Å². The molecule has 20 heavy (non-hydrogen) atoms. The van der Waals surface area contributed by atoms with Gasteiger partial charge in [-0.05, 0) is 43.6 Å². The van der Waals surface area contributed by atoms with Gasteiger partial charge in [0.25, 0.3) is 0 Å². The molecule has 2 saturated carbocycles. The Balaban J connectivity index is 1.94. The van der Waals surface area contributed by atoms with E-state index in [1.807, 2.05) is 6.92 Å². The summed E-state index contributed by atoms with van der Waals surface area (Å²) in [6, 6.07) is 0. The molecule has 0 heterocycles. The molecule has 2 aliphatic rings. The predicted octanol–water partition coefficient (Wildman–Crippen LogP) is 2.80. The number of rotatable bonds is 6. The first-order valence-corrected chi connectivity index (χ1v) is 7.13. The first-order valence-electron chi connectivity index (χ1n) is 7.13. The topological polar surface area (TPSA) is 63.6 Å². The summed E-state index contributed by atoms with van der Waals surface area (Å²) in [5, 5.41) is 9.11. The Labute approximate surface area is 119 Å². The fourth-order valence-electron chi connectivity index (χ4n) is 3.60. The van der Waals surface area contributed by atoms with Gasteiger partial charge in [0.15, 0.2) is 0 Å². The summed E-state index contributed by atoms with van der Waals surface area (Å²) in [6.45, 7) is 9.33. The summed E-state index contributed by atoms with van der Waals surface area (Å²) < 4.78 is 5.53. The Morgan fingerprint density at radius 1 is 1.30 bits per heavy atom. The summed E-state index contributed by atoms with van der Waals surface area (Å²) in [5.41, 5.74) is 0.810. The highest BCUT2D eigenvalue weighted by Gasteiger charge is 2.51. The second-order valence-corrected chi connectivity index (χ2v) is 6.07. The third-order valence-electron chi connectivity index (χ3n) is 4.67. The standard InChI is InChI=1S/C16H22O4/c1-4-5-14(9(2)3)20-16(19)13-8-10-6-11(13)7-12(10)15(17)18/h4,10-14H,1-2,5-8H2,3H3,(H,17,18). The molecule has 0 saturated heterocycles. The highest BCUT2D eigenvalue weighted by molar-refractivity contribution is 5.76. The molecule has 5 unspecified atom stereocenters. The van der Waals surface area contributed by atoms with Crippen LogP contribution in [0.2, 0.25) is 0 Å². The molecule has 5 atom stereocenters. The van der Waals surface area contributed by atoms with Gasteiger partial charge in [-0.1, -0.05) is 12.7 Å². The van der Waals surface area contributed by atoms with Crippen molar-refractivity contribution in [3.8, 4) is 0 Å². The van der Waals surface area contributed by atoms with Gasteiger partial charge in [-0.25, -0.2) is 0 Å². The molecule has 0 spiro atoms. The molecule has 2 rings (SSSR count). The number of hydrogen-bond acceptors (Lipinski definition) is 3. The van der Waals surface area contributed by atoms with Crippen molar-refractivity contribution in [2.24, 2.45) is 23.7 Å². The van der Waals surface area contributed by atoms with E-state index >= 15 is 0 Å². The minimum absolute atomic E-state index is 0.137. The summed E-state index contributed by atoms with van der Waals surface area (Å²) in [6.07, 6.45) is 4.08. The van der Waals surface area contributed by atoms with E-state index in [1.54, 1.807) is 6.08 Å². The molecule has 0 amide bonds. The Morgan fingerprint density at radius 3 is 2.35 bits per heavy atom. The molecule has 0 aliphatic heterocycles. The van der Waals surface area contributed by atoms with Crippen molar-refractivity contribution in [2.45, 2.75) is 38.7 Å². The molecule has 110 valence electrons. The molecule has 0 aromatic rings. The number of carbonyl (C=O) groups excluding carboxylic acids is 1. The largest absolute Gasteiger partial charge is 0.481 e. The quantitative estimate of drug-likeness (QED) is 0.599. The van der Waals surface area contributed by atoms with Gasteiger partial charge in [-0.2, -0.15) is 0 Å². The van der Waals surface area contributed by atoms with Gasteiger partial charge in [0.2, 0.25) is 0 Å². The lowest BCUT2D eigenvalue weighted by Gasteiger charge is -2.26. The van der Waals surface area contributed by atoms with Crippen molar-refractivity contribution in [1.82, 2.24) is 0 Å².